The molecule has 1 aliphatic rings. The Balaban J connectivity index is 1.80. The Bertz CT molecular complexity index is 545. The summed E-state index contributed by atoms with van der Waals surface area (Å²) in [5.41, 5.74) is 0.922. The minimum Gasteiger partial charge on any atom is -0.356 e. The highest BCUT2D eigenvalue weighted by molar-refractivity contribution is 6.08. The van der Waals surface area contributed by atoms with Crippen LogP contribution in [0.1, 0.15) is 25.7 Å². The molecule has 19 heavy (non-hydrogen) atoms. The van der Waals surface area contributed by atoms with Gasteiger partial charge in [-0.25, -0.2) is 9.97 Å². The van der Waals surface area contributed by atoms with Crippen molar-refractivity contribution in [2.75, 3.05) is 11.9 Å². The largest absolute Gasteiger partial charge is 0.356 e. The zero-order valence-corrected chi connectivity index (χ0v) is 12.3. The second-order valence-corrected chi connectivity index (χ2v) is 5.84. The molecule has 0 saturated heterocycles. The van der Waals surface area contributed by atoms with E-state index in [1.54, 1.807) is 6.33 Å². The predicted octanol–water partition coefficient (Wildman–Crippen LogP) is 2.54. The summed E-state index contributed by atoms with van der Waals surface area (Å²) in [4.78, 5) is 14.2. The molecule has 3 rings (SSSR count). The van der Waals surface area contributed by atoms with E-state index in [1.165, 1.54) is 25.7 Å². The van der Waals surface area contributed by atoms with Crippen LogP contribution >= 0.6 is 0 Å². The van der Waals surface area contributed by atoms with Crippen molar-refractivity contribution < 1.29 is 0 Å². The van der Waals surface area contributed by atoms with Gasteiger partial charge in [0.25, 0.3) is 0 Å². The summed E-state index contributed by atoms with van der Waals surface area (Å²) < 4.78 is 0. The topological polar surface area (TPSA) is 44.8 Å². The van der Waals surface area contributed by atoms with Crippen LogP contribution in [0.2, 0.25) is 6.04 Å². The van der Waals surface area contributed by atoms with Crippen LogP contribution in [0, 0.1) is 5.92 Å². The van der Waals surface area contributed by atoms with Gasteiger partial charge in [0.05, 0.1) is 5.39 Å². The van der Waals surface area contributed by atoms with Gasteiger partial charge in [-0.15, -0.1) is 0 Å². The maximum Gasteiger partial charge on any atom is 0.142 e. The maximum absolute atomic E-state index is 4.48. The molecule has 0 amide bonds. The standard InChI is InChI=1S/C14H19N4Si/c1-18(11-4-2-10(8-19)3-5-11)14-12-6-7-15-13(12)16-9-17-14/h6-7,9-11H,2-5,8H2,1H3,(H,15,16,17). The van der Waals surface area contributed by atoms with Crippen LogP contribution in [0.5, 0.6) is 0 Å². The van der Waals surface area contributed by atoms with Gasteiger partial charge in [-0.2, -0.15) is 0 Å². The highest BCUT2D eigenvalue weighted by Gasteiger charge is 2.24. The second-order valence-electron chi connectivity index (χ2n) is 5.43. The van der Waals surface area contributed by atoms with Crippen molar-refractivity contribution in [3.63, 3.8) is 0 Å². The van der Waals surface area contributed by atoms with Gasteiger partial charge in [0, 0.05) is 29.5 Å². The monoisotopic (exact) mass is 271 g/mol. The lowest BCUT2D eigenvalue weighted by Gasteiger charge is -2.35. The predicted molar refractivity (Wildman–Crippen MR) is 78.6 cm³/mol. The zero-order chi connectivity index (χ0) is 13.2. The molecule has 0 unspecified atom stereocenters. The Morgan fingerprint density at radius 3 is 2.84 bits per heavy atom. The normalized spacial score (nSPS) is 23.7. The average molecular weight is 271 g/mol. The first-order chi connectivity index (χ1) is 9.29. The molecule has 2 heterocycles. The number of H-pyrrole nitrogens is 1. The summed E-state index contributed by atoms with van der Waals surface area (Å²) in [6, 6.07) is 3.79. The van der Waals surface area contributed by atoms with Crippen molar-refractivity contribution in [2.45, 2.75) is 37.8 Å². The molecule has 1 saturated carbocycles. The Morgan fingerprint density at radius 2 is 2.11 bits per heavy atom. The maximum atomic E-state index is 4.48. The van der Waals surface area contributed by atoms with Gasteiger partial charge in [0.2, 0.25) is 0 Å². The second kappa shape index (κ2) is 5.33. The molecule has 0 spiro atoms. The molecule has 0 bridgehead atoms. The number of aromatic nitrogens is 3. The minimum atomic E-state index is 0.600. The molecule has 4 nitrogen and oxygen atoms in total. The van der Waals surface area contributed by atoms with E-state index in [9.17, 15) is 0 Å². The van der Waals surface area contributed by atoms with Crippen molar-refractivity contribution in [3.05, 3.63) is 18.6 Å². The van der Waals surface area contributed by atoms with Crippen LogP contribution < -0.4 is 4.90 Å². The van der Waals surface area contributed by atoms with E-state index in [4.69, 9.17) is 0 Å². The lowest BCUT2D eigenvalue weighted by molar-refractivity contribution is 0.340. The van der Waals surface area contributed by atoms with Gasteiger partial charge in [-0.3, -0.25) is 0 Å². The molecule has 99 valence electrons. The highest BCUT2D eigenvalue weighted by Crippen LogP contribution is 2.32. The third-order valence-electron chi connectivity index (χ3n) is 4.32. The SMILES string of the molecule is CN(c1ncnc2[nH]ccc12)C1CCC(C[Si])CC1. The lowest BCUT2D eigenvalue weighted by atomic mass is 9.86. The first-order valence-corrected chi connectivity index (χ1v) is 7.66. The molecule has 1 aliphatic carbocycles. The molecule has 0 atom stereocenters. The van der Waals surface area contributed by atoms with Gasteiger partial charge < -0.3 is 9.88 Å². The number of hydrogen-bond acceptors (Lipinski definition) is 3. The number of rotatable bonds is 3. The van der Waals surface area contributed by atoms with E-state index >= 15 is 0 Å². The van der Waals surface area contributed by atoms with Crippen molar-refractivity contribution >= 4 is 27.1 Å². The first kappa shape index (κ1) is 12.7. The van der Waals surface area contributed by atoms with Gasteiger partial charge in [-0.1, -0.05) is 6.04 Å². The van der Waals surface area contributed by atoms with Crippen LogP contribution in [0.4, 0.5) is 5.82 Å². The highest BCUT2D eigenvalue weighted by atomic mass is 28.1. The van der Waals surface area contributed by atoms with Gasteiger partial charge in [0.15, 0.2) is 0 Å². The molecule has 3 radical (unpaired) electrons. The van der Waals surface area contributed by atoms with E-state index < -0.39 is 0 Å². The minimum absolute atomic E-state index is 0.600. The van der Waals surface area contributed by atoms with Crippen LogP contribution in [0.3, 0.4) is 0 Å². The molecular weight excluding hydrogens is 252 g/mol. The number of fused-ring (bicyclic) bond motifs is 1. The number of nitrogens with one attached hydrogen (secondary N) is 1. The summed E-state index contributed by atoms with van der Waals surface area (Å²) in [6.07, 6.45) is 8.69. The summed E-state index contributed by atoms with van der Waals surface area (Å²) in [5, 5.41) is 1.12. The number of hydrogen-bond donors (Lipinski definition) is 1. The molecule has 0 aliphatic heterocycles. The van der Waals surface area contributed by atoms with Gasteiger partial charge in [-0.05, 0) is 37.7 Å². The number of aromatic amines is 1. The van der Waals surface area contributed by atoms with Crippen molar-refractivity contribution in [1.29, 1.82) is 0 Å². The van der Waals surface area contributed by atoms with Crippen LogP contribution in [-0.4, -0.2) is 38.3 Å². The molecule has 1 fully saturated rings. The molecule has 5 heteroatoms. The fraction of sp³-hybridized carbons (Fsp3) is 0.571. The lowest BCUT2D eigenvalue weighted by Crippen LogP contribution is -2.35. The zero-order valence-electron chi connectivity index (χ0n) is 11.3. The van der Waals surface area contributed by atoms with Crippen molar-refractivity contribution in [3.8, 4) is 0 Å². The summed E-state index contributed by atoms with van der Waals surface area (Å²) in [5.74, 6) is 1.90. The molecule has 1 N–H and O–H groups in total. The number of anilines is 1. The molecular formula is C14H19N4Si. The van der Waals surface area contributed by atoms with E-state index in [0.29, 0.717) is 6.04 Å². The fourth-order valence-electron chi connectivity index (χ4n) is 3.05. The van der Waals surface area contributed by atoms with Crippen molar-refractivity contribution in [2.24, 2.45) is 5.92 Å². The number of nitrogens with zero attached hydrogens (tertiary/aromatic N) is 3. The summed E-state index contributed by atoms with van der Waals surface area (Å²) >= 11 is 0. The molecule has 2 aromatic rings. The Labute approximate surface area is 117 Å². The Hall–Kier alpha value is -1.36. The van der Waals surface area contributed by atoms with E-state index in [0.717, 1.165) is 28.8 Å². The average Bonchev–Trinajstić information content (AvgIpc) is 2.95. The Morgan fingerprint density at radius 1 is 1.32 bits per heavy atom. The Kier molecular flexibility index (Phi) is 3.55. The van der Waals surface area contributed by atoms with Gasteiger partial charge >= 0.3 is 0 Å². The molecule has 0 aromatic carbocycles. The summed E-state index contributed by atoms with van der Waals surface area (Å²) in [7, 11) is 5.81. The van der Waals surface area contributed by atoms with E-state index in [2.05, 4.69) is 43.2 Å². The fourth-order valence-corrected chi connectivity index (χ4v) is 3.46. The molecule has 2 aromatic heterocycles. The third-order valence-corrected chi connectivity index (χ3v) is 4.90. The van der Waals surface area contributed by atoms with Crippen LogP contribution in [-0.2, 0) is 0 Å². The van der Waals surface area contributed by atoms with E-state index in [-0.39, 0.29) is 0 Å². The van der Waals surface area contributed by atoms with Crippen LogP contribution in [0.15, 0.2) is 18.6 Å². The first-order valence-electron chi connectivity index (χ1n) is 6.95. The van der Waals surface area contributed by atoms with E-state index in [1.807, 2.05) is 6.20 Å². The van der Waals surface area contributed by atoms with Crippen molar-refractivity contribution in [1.82, 2.24) is 15.0 Å². The quantitative estimate of drug-likeness (QED) is 0.873. The third kappa shape index (κ3) is 2.39. The smallest absolute Gasteiger partial charge is 0.142 e. The summed E-state index contributed by atoms with van der Waals surface area (Å²) in [6.45, 7) is 0. The van der Waals surface area contributed by atoms with Crippen LogP contribution in [0.25, 0.3) is 11.0 Å². The van der Waals surface area contributed by atoms with Gasteiger partial charge in [0.1, 0.15) is 17.8 Å².